The van der Waals surface area contributed by atoms with E-state index in [1.54, 1.807) is 67.6 Å². The van der Waals surface area contributed by atoms with Gasteiger partial charge in [0.05, 0.1) is 13.7 Å². The standard InChI is InChI=1S/C28H25F3O3/c1-5-33-19(3)26(29)16-18(2)34-17-20-6-8-21(9-7-20)24-14-15-25(28(31)27(24)30)22-10-12-23(32-4)13-11-22/h6-16H,2-3,5,17H2,1,4H3/b26-16+. The van der Waals surface area contributed by atoms with Crippen LogP contribution in [-0.2, 0) is 16.1 Å². The SMILES string of the molecule is C=C(/C=C(/F)C(=C)OCC)OCc1ccc(-c2ccc(-c3ccc(OC)cc3)c(F)c2F)cc1. The highest BCUT2D eigenvalue weighted by atomic mass is 19.2. The first-order chi connectivity index (χ1) is 16.3. The van der Waals surface area contributed by atoms with Crippen LogP contribution >= 0.6 is 0 Å². The fourth-order valence-electron chi connectivity index (χ4n) is 3.23. The minimum atomic E-state index is -0.930. The second-order valence-corrected chi connectivity index (χ2v) is 7.32. The van der Waals surface area contributed by atoms with E-state index >= 15 is 0 Å². The third-order valence-corrected chi connectivity index (χ3v) is 5.05. The van der Waals surface area contributed by atoms with Gasteiger partial charge in [-0.05, 0) is 35.7 Å². The van der Waals surface area contributed by atoms with Gasteiger partial charge in [0, 0.05) is 17.2 Å². The maximum atomic E-state index is 14.9. The maximum Gasteiger partial charge on any atom is 0.168 e. The summed E-state index contributed by atoms with van der Waals surface area (Å²) in [5, 5.41) is 0. The maximum absolute atomic E-state index is 14.9. The molecule has 0 unspecified atom stereocenters. The van der Waals surface area contributed by atoms with Crippen molar-refractivity contribution in [2.75, 3.05) is 13.7 Å². The van der Waals surface area contributed by atoms with Crippen molar-refractivity contribution >= 4 is 0 Å². The smallest absolute Gasteiger partial charge is 0.168 e. The minimum absolute atomic E-state index is 0.0936. The molecular weight excluding hydrogens is 441 g/mol. The van der Waals surface area contributed by atoms with Crippen molar-refractivity contribution in [2.24, 2.45) is 0 Å². The van der Waals surface area contributed by atoms with E-state index in [0.29, 0.717) is 23.5 Å². The fraction of sp³-hybridized carbons (Fsp3) is 0.143. The Balaban J connectivity index is 1.70. The summed E-state index contributed by atoms with van der Waals surface area (Å²) in [5.74, 6) is -1.88. The van der Waals surface area contributed by atoms with Gasteiger partial charge in [-0.1, -0.05) is 61.7 Å². The number of rotatable bonds is 10. The van der Waals surface area contributed by atoms with Crippen molar-refractivity contribution in [2.45, 2.75) is 13.5 Å². The van der Waals surface area contributed by atoms with Crippen LogP contribution < -0.4 is 4.74 Å². The first-order valence-electron chi connectivity index (χ1n) is 10.6. The van der Waals surface area contributed by atoms with Crippen LogP contribution in [0.4, 0.5) is 13.2 Å². The number of allylic oxidation sites excluding steroid dienone is 2. The van der Waals surface area contributed by atoms with Crippen LogP contribution in [0.3, 0.4) is 0 Å². The number of hydrogen-bond acceptors (Lipinski definition) is 3. The predicted molar refractivity (Wildman–Crippen MR) is 128 cm³/mol. The van der Waals surface area contributed by atoms with Gasteiger partial charge in [0.2, 0.25) is 0 Å². The average Bonchev–Trinajstić information content (AvgIpc) is 2.85. The highest BCUT2D eigenvalue weighted by molar-refractivity contribution is 5.72. The van der Waals surface area contributed by atoms with Gasteiger partial charge in [-0.15, -0.1) is 0 Å². The van der Waals surface area contributed by atoms with Crippen molar-refractivity contribution in [3.8, 4) is 28.0 Å². The van der Waals surface area contributed by atoms with Gasteiger partial charge in [-0.25, -0.2) is 13.2 Å². The quantitative estimate of drug-likeness (QED) is 0.226. The van der Waals surface area contributed by atoms with E-state index in [4.69, 9.17) is 14.2 Å². The lowest BCUT2D eigenvalue weighted by atomic mass is 9.98. The lowest BCUT2D eigenvalue weighted by Gasteiger charge is -2.11. The third kappa shape index (κ3) is 5.90. The zero-order chi connectivity index (χ0) is 24.7. The minimum Gasteiger partial charge on any atom is -0.497 e. The molecule has 3 aromatic carbocycles. The summed E-state index contributed by atoms with van der Waals surface area (Å²) < 4.78 is 59.1. The molecule has 0 saturated heterocycles. The Morgan fingerprint density at radius 3 is 1.85 bits per heavy atom. The Bertz CT molecular complexity index is 1200. The van der Waals surface area contributed by atoms with Crippen LogP contribution in [0.25, 0.3) is 22.3 Å². The van der Waals surface area contributed by atoms with E-state index in [9.17, 15) is 13.2 Å². The van der Waals surface area contributed by atoms with Crippen molar-refractivity contribution in [1.29, 1.82) is 0 Å². The topological polar surface area (TPSA) is 27.7 Å². The number of hydrogen-bond donors (Lipinski definition) is 0. The second-order valence-electron chi connectivity index (χ2n) is 7.32. The third-order valence-electron chi connectivity index (χ3n) is 5.05. The molecule has 0 atom stereocenters. The molecule has 0 aliphatic rings. The van der Waals surface area contributed by atoms with Crippen LogP contribution in [0.1, 0.15) is 12.5 Å². The zero-order valence-electron chi connectivity index (χ0n) is 19.0. The molecule has 0 bridgehead atoms. The van der Waals surface area contributed by atoms with Crippen LogP contribution in [0.5, 0.6) is 5.75 Å². The Hall–Kier alpha value is -3.93. The average molecular weight is 466 g/mol. The summed E-state index contributed by atoms with van der Waals surface area (Å²) in [5.41, 5.74) is 2.12. The van der Waals surface area contributed by atoms with Gasteiger partial charge in [0.15, 0.2) is 17.5 Å². The van der Waals surface area contributed by atoms with Gasteiger partial charge < -0.3 is 14.2 Å². The number of methoxy groups -OCH3 is 1. The molecule has 0 radical (unpaired) electrons. The van der Waals surface area contributed by atoms with Crippen LogP contribution in [-0.4, -0.2) is 13.7 Å². The number of halogens is 3. The summed E-state index contributed by atoms with van der Waals surface area (Å²) >= 11 is 0. The largest absolute Gasteiger partial charge is 0.497 e. The van der Waals surface area contributed by atoms with Crippen LogP contribution in [0.15, 0.2) is 97.2 Å². The van der Waals surface area contributed by atoms with Gasteiger partial charge in [-0.2, -0.15) is 0 Å². The van der Waals surface area contributed by atoms with E-state index < -0.39 is 17.5 Å². The number of ether oxygens (including phenoxy) is 3. The Kier molecular flexibility index (Phi) is 8.19. The summed E-state index contributed by atoms with van der Waals surface area (Å²) in [4.78, 5) is 0. The second kappa shape index (κ2) is 11.3. The molecule has 0 spiro atoms. The van der Waals surface area contributed by atoms with E-state index in [1.165, 1.54) is 7.11 Å². The predicted octanol–water partition coefficient (Wildman–Crippen LogP) is 7.74. The first-order valence-corrected chi connectivity index (χ1v) is 10.6. The normalized spacial score (nSPS) is 11.1. The summed E-state index contributed by atoms with van der Waals surface area (Å²) in [6.07, 6.45) is 1.09. The molecule has 0 aliphatic carbocycles. The molecule has 0 saturated carbocycles. The van der Waals surface area contributed by atoms with E-state index in [1.807, 2.05) is 0 Å². The first kappa shape index (κ1) is 24.7. The molecule has 0 amide bonds. The van der Waals surface area contributed by atoms with Crippen molar-refractivity contribution in [3.63, 3.8) is 0 Å². The molecule has 176 valence electrons. The van der Waals surface area contributed by atoms with Crippen molar-refractivity contribution in [3.05, 3.63) is 114 Å². The molecule has 0 N–H and O–H groups in total. The van der Waals surface area contributed by atoms with Crippen LogP contribution in [0.2, 0.25) is 0 Å². The zero-order valence-corrected chi connectivity index (χ0v) is 19.0. The highest BCUT2D eigenvalue weighted by Crippen LogP contribution is 2.32. The fourth-order valence-corrected chi connectivity index (χ4v) is 3.23. The molecule has 3 rings (SSSR count). The van der Waals surface area contributed by atoms with Gasteiger partial charge in [-0.3, -0.25) is 0 Å². The molecule has 0 aliphatic heterocycles. The van der Waals surface area contributed by atoms with E-state index in [-0.39, 0.29) is 29.3 Å². The van der Waals surface area contributed by atoms with Gasteiger partial charge >= 0.3 is 0 Å². The Morgan fingerprint density at radius 2 is 1.35 bits per heavy atom. The summed E-state index contributed by atoms with van der Waals surface area (Å²) in [6.45, 7) is 9.27. The van der Waals surface area contributed by atoms with Crippen molar-refractivity contribution < 1.29 is 27.4 Å². The molecule has 3 nitrogen and oxygen atoms in total. The van der Waals surface area contributed by atoms with E-state index in [2.05, 4.69) is 13.2 Å². The molecule has 6 heteroatoms. The monoisotopic (exact) mass is 466 g/mol. The number of benzene rings is 3. The highest BCUT2D eigenvalue weighted by Gasteiger charge is 2.16. The Morgan fingerprint density at radius 1 is 0.824 bits per heavy atom. The van der Waals surface area contributed by atoms with E-state index in [0.717, 1.165) is 11.6 Å². The lowest BCUT2D eigenvalue weighted by molar-refractivity contribution is 0.207. The van der Waals surface area contributed by atoms with Gasteiger partial charge in [0.1, 0.15) is 23.9 Å². The Labute approximate surface area is 197 Å². The van der Waals surface area contributed by atoms with Gasteiger partial charge in [0.25, 0.3) is 0 Å². The molecule has 0 heterocycles. The molecular formula is C28H25F3O3. The molecule has 0 fully saturated rings. The summed E-state index contributed by atoms with van der Waals surface area (Å²) in [6, 6.07) is 16.6. The molecule has 34 heavy (non-hydrogen) atoms. The summed E-state index contributed by atoms with van der Waals surface area (Å²) in [7, 11) is 1.54. The molecule has 3 aromatic rings. The van der Waals surface area contributed by atoms with Crippen molar-refractivity contribution in [1.82, 2.24) is 0 Å². The molecule has 0 aromatic heterocycles. The lowest BCUT2D eigenvalue weighted by Crippen LogP contribution is -1.96. The van der Waals surface area contributed by atoms with Crippen LogP contribution in [0, 0.1) is 11.6 Å².